The molecule has 1 heterocycles. The summed E-state index contributed by atoms with van der Waals surface area (Å²) >= 11 is 1.23. The van der Waals surface area contributed by atoms with Crippen LogP contribution in [-0.4, -0.2) is 43.7 Å². The molecule has 1 amide bonds. The van der Waals surface area contributed by atoms with E-state index in [2.05, 4.69) is 15.5 Å². The number of aryl methyl sites for hydroxylation is 3. The van der Waals surface area contributed by atoms with Crippen molar-refractivity contribution in [3.63, 3.8) is 0 Å². The standard InChI is InChI=1S/C23H25N5O4S/c1-15-9-10-19(12-16(15)2)27-22(8-5-11-24-17(3)29)25-26-23(27)33-14-21(30)18-6-4-7-20(13-18)28(31)32/h4,6-7,9-10,12-13H,5,8,11,14H2,1-3H3,(H,24,29). The number of hydrogen-bond acceptors (Lipinski definition) is 7. The van der Waals surface area contributed by atoms with E-state index in [1.54, 1.807) is 6.07 Å². The molecule has 0 saturated carbocycles. The summed E-state index contributed by atoms with van der Waals surface area (Å²) < 4.78 is 1.92. The van der Waals surface area contributed by atoms with Crippen molar-refractivity contribution < 1.29 is 14.5 Å². The van der Waals surface area contributed by atoms with Crippen molar-refractivity contribution in [1.29, 1.82) is 0 Å². The number of benzene rings is 2. The molecule has 3 aromatic rings. The third-order valence-corrected chi connectivity index (χ3v) is 6.04. The number of Topliss-reactive ketones (excluding diaryl/α,β-unsaturated/α-hetero) is 1. The predicted molar refractivity (Wildman–Crippen MR) is 126 cm³/mol. The summed E-state index contributed by atoms with van der Waals surface area (Å²) in [6, 6.07) is 11.8. The molecular formula is C23H25N5O4S. The van der Waals surface area contributed by atoms with Gasteiger partial charge in [-0.15, -0.1) is 10.2 Å². The number of aromatic nitrogens is 3. The largest absolute Gasteiger partial charge is 0.356 e. The van der Waals surface area contributed by atoms with Gasteiger partial charge < -0.3 is 5.32 Å². The molecule has 0 aliphatic heterocycles. The highest BCUT2D eigenvalue weighted by Crippen LogP contribution is 2.25. The van der Waals surface area contributed by atoms with Crippen LogP contribution in [0.2, 0.25) is 0 Å². The second-order valence-electron chi connectivity index (χ2n) is 7.61. The van der Waals surface area contributed by atoms with E-state index in [-0.39, 0.29) is 28.7 Å². The zero-order valence-corrected chi connectivity index (χ0v) is 19.5. The first-order valence-electron chi connectivity index (χ1n) is 10.4. The molecule has 9 nitrogen and oxygen atoms in total. The summed E-state index contributed by atoms with van der Waals surface area (Å²) in [6.07, 6.45) is 1.29. The molecule has 0 saturated heterocycles. The summed E-state index contributed by atoms with van der Waals surface area (Å²) in [7, 11) is 0. The minimum absolute atomic E-state index is 0.0655. The third kappa shape index (κ3) is 6.26. The number of nitro groups is 1. The topological polar surface area (TPSA) is 120 Å². The van der Waals surface area contributed by atoms with Crippen molar-refractivity contribution in [3.05, 3.63) is 75.1 Å². The van der Waals surface area contributed by atoms with Crippen LogP contribution in [0.1, 0.15) is 40.7 Å². The Hall–Kier alpha value is -3.53. The highest BCUT2D eigenvalue weighted by atomic mass is 32.2. The van der Waals surface area contributed by atoms with Gasteiger partial charge in [0, 0.05) is 43.3 Å². The highest BCUT2D eigenvalue weighted by molar-refractivity contribution is 7.99. The molecule has 172 valence electrons. The van der Waals surface area contributed by atoms with E-state index in [1.807, 2.05) is 36.6 Å². The minimum atomic E-state index is -0.520. The Kier molecular flexibility index (Phi) is 7.94. The first-order valence-corrected chi connectivity index (χ1v) is 11.4. The van der Waals surface area contributed by atoms with Gasteiger partial charge in [-0.2, -0.15) is 0 Å². The number of nitrogens with one attached hydrogen (secondary N) is 1. The number of thioether (sulfide) groups is 1. The quantitative estimate of drug-likeness (QED) is 0.158. The fraction of sp³-hybridized carbons (Fsp3) is 0.304. The molecule has 0 spiro atoms. The van der Waals surface area contributed by atoms with Crippen LogP contribution in [0.25, 0.3) is 5.69 Å². The number of nitrogens with zero attached hydrogens (tertiary/aromatic N) is 4. The summed E-state index contributed by atoms with van der Waals surface area (Å²) in [6.45, 7) is 6.07. The van der Waals surface area contributed by atoms with Crippen LogP contribution in [0.4, 0.5) is 5.69 Å². The molecular weight excluding hydrogens is 442 g/mol. The van der Waals surface area contributed by atoms with Crippen molar-refractivity contribution in [2.75, 3.05) is 12.3 Å². The van der Waals surface area contributed by atoms with Gasteiger partial charge in [-0.3, -0.25) is 24.3 Å². The maximum absolute atomic E-state index is 12.7. The molecule has 0 atom stereocenters. The Morgan fingerprint density at radius 1 is 1.12 bits per heavy atom. The molecule has 10 heteroatoms. The van der Waals surface area contributed by atoms with E-state index >= 15 is 0 Å². The molecule has 1 aromatic heterocycles. The van der Waals surface area contributed by atoms with Crippen molar-refractivity contribution in [2.24, 2.45) is 0 Å². The van der Waals surface area contributed by atoms with Gasteiger partial charge in [0.2, 0.25) is 5.91 Å². The van der Waals surface area contributed by atoms with Crippen LogP contribution in [0, 0.1) is 24.0 Å². The van der Waals surface area contributed by atoms with Gasteiger partial charge in [-0.1, -0.05) is 30.0 Å². The first kappa shape index (κ1) is 24.1. The lowest BCUT2D eigenvalue weighted by Gasteiger charge is -2.12. The van der Waals surface area contributed by atoms with Crippen molar-refractivity contribution in [1.82, 2.24) is 20.1 Å². The fourth-order valence-corrected chi connectivity index (χ4v) is 4.06. The highest BCUT2D eigenvalue weighted by Gasteiger charge is 2.18. The summed E-state index contributed by atoms with van der Waals surface area (Å²) in [5, 5.41) is 23.0. The number of nitro benzene ring substituents is 1. The van der Waals surface area contributed by atoms with E-state index in [0.717, 1.165) is 22.6 Å². The minimum Gasteiger partial charge on any atom is -0.356 e. The molecule has 2 aromatic carbocycles. The lowest BCUT2D eigenvalue weighted by Crippen LogP contribution is -2.21. The Balaban J connectivity index is 1.82. The van der Waals surface area contributed by atoms with E-state index in [1.165, 1.54) is 36.9 Å². The van der Waals surface area contributed by atoms with Gasteiger partial charge in [0.05, 0.1) is 10.7 Å². The van der Waals surface area contributed by atoms with Crippen LogP contribution in [-0.2, 0) is 11.2 Å². The Morgan fingerprint density at radius 2 is 1.91 bits per heavy atom. The second-order valence-corrected chi connectivity index (χ2v) is 8.55. The monoisotopic (exact) mass is 467 g/mol. The molecule has 0 aliphatic carbocycles. The van der Waals surface area contributed by atoms with Crippen molar-refractivity contribution >= 4 is 29.1 Å². The molecule has 0 unspecified atom stereocenters. The van der Waals surface area contributed by atoms with E-state index in [0.29, 0.717) is 24.5 Å². The number of rotatable bonds is 10. The number of amides is 1. The van der Waals surface area contributed by atoms with Gasteiger partial charge >= 0.3 is 0 Å². The maximum Gasteiger partial charge on any atom is 0.270 e. The Bertz CT molecular complexity index is 1190. The van der Waals surface area contributed by atoms with E-state index in [4.69, 9.17) is 0 Å². The average molecular weight is 468 g/mol. The molecule has 0 bridgehead atoms. The van der Waals surface area contributed by atoms with Crippen LogP contribution in [0.3, 0.4) is 0 Å². The lowest BCUT2D eigenvalue weighted by atomic mass is 10.1. The number of ketones is 1. The third-order valence-electron chi connectivity index (χ3n) is 5.11. The maximum atomic E-state index is 12.7. The van der Waals surface area contributed by atoms with Crippen molar-refractivity contribution in [3.8, 4) is 5.69 Å². The number of carbonyl (C=O) groups is 2. The van der Waals surface area contributed by atoms with Crippen LogP contribution in [0.5, 0.6) is 0 Å². The number of carbonyl (C=O) groups excluding carboxylic acids is 2. The Morgan fingerprint density at radius 3 is 2.61 bits per heavy atom. The lowest BCUT2D eigenvalue weighted by molar-refractivity contribution is -0.384. The molecule has 0 fully saturated rings. The van der Waals surface area contributed by atoms with Crippen LogP contribution < -0.4 is 5.32 Å². The smallest absolute Gasteiger partial charge is 0.270 e. The van der Waals surface area contributed by atoms with Gasteiger partial charge in [-0.25, -0.2) is 0 Å². The SMILES string of the molecule is CC(=O)NCCCc1nnc(SCC(=O)c2cccc([N+](=O)[O-])c2)n1-c1ccc(C)c(C)c1. The molecule has 0 radical (unpaired) electrons. The molecule has 0 aliphatic rings. The van der Waals surface area contributed by atoms with Gasteiger partial charge in [0.25, 0.3) is 5.69 Å². The normalized spacial score (nSPS) is 10.8. The fourth-order valence-electron chi connectivity index (χ4n) is 3.20. The molecule has 33 heavy (non-hydrogen) atoms. The Labute approximate surface area is 195 Å². The van der Waals surface area contributed by atoms with Gasteiger partial charge in [0.15, 0.2) is 10.9 Å². The van der Waals surface area contributed by atoms with Crippen LogP contribution in [0.15, 0.2) is 47.6 Å². The molecule has 1 N–H and O–H groups in total. The predicted octanol–water partition coefficient (Wildman–Crippen LogP) is 3.84. The zero-order valence-electron chi connectivity index (χ0n) is 18.7. The van der Waals surface area contributed by atoms with Gasteiger partial charge in [0.1, 0.15) is 5.82 Å². The second kappa shape index (κ2) is 10.9. The molecule has 3 rings (SSSR count). The zero-order chi connectivity index (χ0) is 24.0. The number of hydrogen-bond donors (Lipinski definition) is 1. The summed E-state index contributed by atoms with van der Waals surface area (Å²) in [5.41, 5.74) is 3.33. The van der Waals surface area contributed by atoms with Crippen molar-refractivity contribution in [2.45, 2.75) is 38.8 Å². The summed E-state index contributed by atoms with van der Waals surface area (Å²) in [4.78, 5) is 34.3. The van der Waals surface area contributed by atoms with E-state index < -0.39 is 4.92 Å². The number of non-ortho nitro benzene ring substituents is 1. The van der Waals surface area contributed by atoms with Crippen LogP contribution >= 0.6 is 11.8 Å². The van der Waals surface area contributed by atoms with E-state index in [9.17, 15) is 19.7 Å². The summed E-state index contributed by atoms with van der Waals surface area (Å²) in [5.74, 6) is 0.483. The van der Waals surface area contributed by atoms with Gasteiger partial charge in [-0.05, 0) is 43.5 Å². The first-order chi connectivity index (χ1) is 15.8. The average Bonchev–Trinajstić information content (AvgIpc) is 3.19.